The highest BCUT2D eigenvalue weighted by molar-refractivity contribution is 7.22. The van der Waals surface area contributed by atoms with Crippen LogP contribution in [-0.4, -0.2) is 4.98 Å². The number of rotatable bonds is 6. The number of fused-ring (bicyclic) bond motifs is 3. The van der Waals surface area contributed by atoms with E-state index in [1.807, 2.05) is 6.07 Å². The Morgan fingerprint density at radius 2 is 0.875 bits per heavy atom. The summed E-state index contributed by atoms with van der Waals surface area (Å²) >= 11 is 1.74. The minimum Gasteiger partial charge on any atom is -0.309 e. The van der Waals surface area contributed by atoms with Gasteiger partial charge in [-0.2, -0.15) is 0 Å². The Morgan fingerprint density at radius 1 is 0.375 bits per heavy atom. The molecule has 226 valence electrons. The minimum atomic E-state index is 1.00. The summed E-state index contributed by atoms with van der Waals surface area (Å²) in [6, 6.07) is 65.2. The summed E-state index contributed by atoms with van der Waals surface area (Å²) in [6.07, 6.45) is 0. The molecule has 0 aliphatic rings. The van der Waals surface area contributed by atoms with Gasteiger partial charge in [-0.15, -0.1) is 11.3 Å². The average Bonchev–Trinajstić information content (AvgIpc) is 3.61. The van der Waals surface area contributed by atoms with E-state index in [0.29, 0.717) is 0 Å². The van der Waals surface area contributed by atoms with Gasteiger partial charge in [-0.1, -0.05) is 133 Å². The van der Waals surface area contributed by atoms with Crippen LogP contribution in [0.4, 0.5) is 17.1 Å². The molecule has 8 aromatic carbocycles. The van der Waals surface area contributed by atoms with Crippen LogP contribution in [0.1, 0.15) is 0 Å². The van der Waals surface area contributed by atoms with E-state index >= 15 is 0 Å². The van der Waals surface area contributed by atoms with Crippen molar-refractivity contribution in [1.29, 1.82) is 0 Å². The van der Waals surface area contributed by atoms with Crippen molar-refractivity contribution in [1.82, 2.24) is 4.98 Å². The minimum absolute atomic E-state index is 1.00. The molecule has 0 radical (unpaired) electrons. The molecular weight excluding hydrogens is 601 g/mol. The van der Waals surface area contributed by atoms with Crippen LogP contribution >= 0.6 is 11.3 Å². The van der Waals surface area contributed by atoms with Crippen LogP contribution < -0.4 is 4.90 Å². The third-order valence-electron chi connectivity index (χ3n) is 9.07. The third kappa shape index (κ3) is 5.21. The van der Waals surface area contributed by atoms with Crippen LogP contribution in [0.2, 0.25) is 0 Å². The number of benzene rings is 8. The van der Waals surface area contributed by atoms with Gasteiger partial charge in [-0.25, -0.2) is 4.98 Å². The predicted molar refractivity (Wildman–Crippen MR) is 206 cm³/mol. The number of thiazole rings is 1. The standard InChI is InChI=1S/C45H30N2S/c1-2-11-35(12-3-1)45-46-42-15-8-16-43(44(42)48-45)47(40-25-21-33(22-26-40)38-19-17-31-9-4-6-13-36(31)29-38)41-27-23-34(24-28-41)39-20-18-32-10-5-7-14-37(32)30-39/h1-30H. The topological polar surface area (TPSA) is 16.1 Å². The van der Waals surface area contributed by atoms with E-state index in [4.69, 9.17) is 4.98 Å². The molecule has 48 heavy (non-hydrogen) atoms. The van der Waals surface area contributed by atoms with Gasteiger partial charge in [0.05, 0.1) is 15.9 Å². The molecule has 1 heterocycles. The molecule has 0 atom stereocenters. The third-order valence-corrected chi connectivity index (χ3v) is 10.2. The molecule has 0 saturated carbocycles. The lowest BCUT2D eigenvalue weighted by Crippen LogP contribution is -2.10. The van der Waals surface area contributed by atoms with Gasteiger partial charge in [0.2, 0.25) is 0 Å². The van der Waals surface area contributed by atoms with Crippen LogP contribution in [0, 0.1) is 0 Å². The highest BCUT2D eigenvalue weighted by atomic mass is 32.1. The van der Waals surface area contributed by atoms with Gasteiger partial charge in [0, 0.05) is 16.9 Å². The normalized spacial score (nSPS) is 11.3. The number of aromatic nitrogens is 1. The van der Waals surface area contributed by atoms with Crippen molar-refractivity contribution < 1.29 is 0 Å². The summed E-state index contributed by atoms with van der Waals surface area (Å²) < 4.78 is 1.16. The molecule has 2 nitrogen and oxygen atoms in total. The zero-order chi connectivity index (χ0) is 31.9. The van der Waals surface area contributed by atoms with Crippen molar-refractivity contribution in [2.24, 2.45) is 0 Å². The zero-order valence-electron chi connectivity index (χ0n) is 26.1. The molecule has 0 N–H and O–H groups in total. The second kappa shape index (κ2) is 12.0. The first-order valence-electron chi connectivity index (χ1n) is 16.2. The monoisotopic (exact) mass is 630 g/mol. The number of hydrogen-bond donors (Lipinski definition) is 0. The molecule has 0 unspecified atom stereocenters. The van der Waals surface area contributed by atoms with Crippen molar-refractivity contribution in [2.45, 2.75) is 0 Å². The summed E-state index contributed by atoms with van der Waals surface area (Å²) in [5, 5.41) is 6.03. The number of hydrogen-bond acceptors (Lipinski definition) is 3. The first kappa shape index (κ1) is 28.2. The maximum atomic E-state index is 5.06. The highest BCUT2D eigenvalue weighted by Gasteiger charge is 2.19. The van der Waals surface area contributed by atoms with Gasteiger partial charge in [0.15, 0.2) is 0 Å². The van der Waals surface area contributed by atoms with E-state index in [1.165, 1.54) is 43.8 Å². The molecule has 0 aliphatic carbocycles. The number of anilines is 3. The Bertz CT molecular complexity index is 2430. The molecule has 0 bridgehead atoms. The molecule has 3 heteroatoms. The van der Waals surface area contributed by atoms with Crippen molar-refractivity contribution >= 4 is 60.2 Å². The molecule has 9 aromatic rings. The van der Waals surface area contributed by atoms with Crippen LogP contribution in [0.25, 0.3) is 64.6 Å². The zero-order valence-corrected chi connectivity index (χ0v) is 26.9. The van der Waals surface area contributed by atoms with E-state index in [-0.39, 0.29) is 0 Å². The van der Waals surface area contributed by atoms with Gasteiger partial charge < -0.3 is 4.90 Å². The summed E-state index contributed by atoms with van der Waals surface area (Å²) in [7, 11) is 0. The van der Waals surface area contributed by atoms with Crippen LogP contribution in [0.5, 0.6) is 0 Å². The Kier molecular flexibility index (Phi) is 7.03. The van der Waals surface area contributed by atoms with Gasteiger partial charge in [-0.05, 0) is 92.3 Å². The maximum absolute atomic E-state index is 5.06. The smallest absolute Gasteiger partial charge is 0.124 e. The van der Waals surface area contributed by atoms with Crippen LogP contribution in [0.3, 0.4) is 0 Å². The van der Waals surface area contributed by atoms with Crippen LogP contribution in [0.15, 0.2) is 182 Å². The largest absolute Gasteiger partial charge is 0.309 e. The average molecular weight is 631 g/mol. The Hall–Kier alpha value is -6.03. The van der Waals surface area contributed by atoms with Crippen molar-refractivity contribution in [3.8, 4) is 32.8 Å². The van der Waals surface area contributed by atoms with E-state index in [1.54, 1.807) is 11.3 Å². The van der Waals surface area contributed by atoms with E-state index < -0.39 is 0 Å². The first-order chi connectivity index (χ1) is 23.8. The van der Waals surface area contributed by atoms with Crippen molar-refractivity contribution in [3.05, 3.63) is 182 Å². The molecule has 0 aliphatic heterocycles. The molecule has 0 amide bonds. The Balaban J connectivity index is 1.15. The Labute approximate surface area is 283 Å². The summed E-state index contributed by atoms with van der Waals surface area (Å²) in [6.45, 7) is 0. The van der Waals surface area contributed by atoms with Crippen molar-refractivity contribution in [2.75, 3.05) is 4.90 Å². The summed E-state index contributed by atoms with van der Waals surface area (Å²) in [5.74, 6) is 0. The lowest BCUT2D eigenvalue weighted by atomic mass is 10.00. The first-order valence-corrected chi connectivity index (χ1v) is 17.0. The Morgan fingerprint density at radius 3 is 1.44 bits per heavy atom. The second-order valence-electron chi connectivity index (χ2n) is 12.1. The summed E-state index contributed by atoms with van der Waals surface area (Å²) in [5.41, 5.74) is 10.3. The second-order valence-corrected chi connectivity index (χ2v) is 13.1. The quantitative estimate of drug-likeness (QED) is 0.182. The van der Waals surface area contributed by atoms with E-state index in [0.717, 1.165) is 37.8 Å². The summed E-state index contributed by atoms with van der Waals surface area (Å²) in [4.78, 5) is 7.43. The van der Waals surface area contributed by atoms with E-state index in [9.17, 15) is 0 Å². The molecular formula is C45H30N2S. The number of nitrogens with zero attached hydrogens (tertiary/aromatic N) is 2. The van der Waals surface area contributed by atoms with Crippen molar-refractivity contribution in [3.63, 3.8) is 0 Å². The molecule has 0 saturated heterocycles. The lowest BCUT2D eigenvalue weighted by molar-refractivity contribution is 1.30. The van der Waals surface area contributed by atoms with Gasteiger partial charge in [0.1, 0.15) is 5.01 Å². The molecule has 9 rings (SSSR count). The highest BCUT2D eigenvalue weighted by Crippen LogP contribution is 2.43. The fourth-order valence-electron chi connectivity index (χ4n) is 6.59. The van der Waals surface area contributed by atoms with E-state index in [2.05, 4.69) is 181 Å². The van der Waals surface area contributed by atoms with Gasteiger partial charge in [-0.3, -0.25) is 0 Å². The molecule has 0 fully saturated rings. The molecule has 0 spiro atoms. The lowest BCUT2D eigenvalue weighted by Gasteiger charge is -2.26. The predicted octanol–water partition coefficient (Wildman–Crippen LogP) is 13.1. The maximum Gasteiger partial charge on any atom is 0.124 e. The van der Waals surface area contributed by atoms with Crippen LogP contribution in [-0.2, 0) is 0 Å². The SMILES string of the molecule is c1ccc(-c2nc3cccc(N(c4ccc(-c5ccc6ccccc6c5)cc4)c4ccc(-c5ccc6ccccc6c5)cc4)c3s2)cc1. The van der Waals surface area contributed by atoms with Gasteiger partial charge in [0.25, 0.3) is 0 Å². The van der Waals surface area contributed by atoms with Gasteiger partial charge >= 0.3 is 0 Å². The molecule has 1 aromatic heterocycles. The fraction of sp³-hybridized carbons (Fsp3) is 0. The fourth-order valence-corrected chi connectivity index (χ4v) is 7.66.